The number of hydrogen-bond acceptors (Lipinski definition) is 4. The minimum absolute atomic E-state index is 0.113. The Kier molecular flexibility index (Phi) is 3.86. The molecule has 98 valence electrons. The summed E-state index contributed by atoms with van der Waals surface area (Å²) in [6, 6.07) is 2.37. The van der Waals surface area contributed by atoms with Crippen LogP contribution in [0.1, 0.15) is 26.3 Å². The molecule has 4 N–H and O–H groups in total. The third kappa shape index (κ3) is 3.37. The number of hydrogen-bond donors (Lipinski definition) is 4. The van der Waals surface area contributed by atoms with E-state index in [1.807, 2.05) is 0 Å². The Bertz CT molecular complexity index is 484. The lowest BCUT2D eigenvalue weighted by atomic mass is 10.1. The molecule has 0 aliphatic heterocycles. The van der Waals surface area contributed by atoms with Crippen LogP contribution in [0, 0.1) is 5.41 Å². The molecule has 0 aliphatic carbocycles. The third-order valence-electron chi connectivity index (χ3n) is 2.05. The molecule has 0 aromatic heterocycles. The first-order valence-corrected chi connectivity index (χ1v) is 5.62. The van der Waals surface area contributed by atoms with Crippen molar-refractivity contribution >= 4 is 23.2 Å². The number of carbonyl (C=O) groups excluding carboxylic acids is 1. The normalized spacial score (nSPS) is 11.1. The molecule has 5 nitrogen and oxygen atoms in total. The van der Waals surface area contributed by atoms with Crippen molar-refractivity contribution in [3.8, 4) is 11.5 Å². The van der Waals surface area contributed by atoms with Crippen molar-refractivity contribution in [3.05, 3.63) is 22.7 Å². The van der Waals surface area contributed by atoms with Gasteiger partial charge in [0.1, 0.15) is 5.71 Å². The average Bonchev–Trinajstić information content (AvgIpc) is 2.21. The largest absolute Gasteiger partial charge is 0.504 e. The second kappa shape index (κ2) is 4.86. The van der Waals surface area contributed by atoms with Crippen molar-refractivity contribution in [2.24, 2.45) is 0 Å². The molecule has 0 heterocycles. The Morgan fingerprint density at radius 2 is 1.89 bits per heavy atom. The fourth-order valence-corrected chi connectivity index (χ4v) is 1.48. The second-order valence-electron chi connectivity index (χ2n) is 4.90. The average molecular weight is 271 g/mol. The fraction of sp³-hybridized carbons (Fsp3) is 0.333. The molecular weight excluding hydrogens is 256 g/mol. The van der Waals surface area contributed by atoms with Gasteiger partial charge in [-0.15, -0.1) is 0 Å². The highest BCUT2D eigenvalue weighted by atomic mass is 35.5. The van der Waals surface area contributed by atoms with E-state index < -0.39 is 22.9 Å². The van der Waals surface area contributed by atoms with Crippen LogP contribution in [0.5, 0.6) is 11.5 Å². The van der Waals surface area contributed by atoms with E-state index in [2.05, 4.69) is 5.32 Å². The van der Waals surface area contributed by atoms with Crippen LogP contribution in [-0.4, -0.2) is 27.4 Å². The van der Waals surface area contributed by atoms with Gasteiger partial charge in [-0.25, -0.2) is 0 Å². The van der Waals surface area contributed by atoms with E-state index >= 15 is 0 Å². The monoisotopic (exact) mass is 270 g/mol. The van der Waals surface area contributed by atoms with Gasteiger partial charge in [-0.3, -0.25) is 10.2 Å². The third-order valence-corrected chi connectivity index (χ3v) is 2.34. The Morgan fingerprint density at radius 1 is 1.33 bits per heavy atom. The van der Waals surface area contributed by atoms with Gasteiger partial charge < -0.3 is 15.5 Å². The zero-order valence-electron chi connectivity index (χ0n) is 10.3. The van der Waals surface area contributed by atoms with Gasteiger partial charge in [0, 0.05) is 11.1 Å². The highest BCUT2D eigenvalue weighted by Crippen LogP contribution is 2.34. The summed E-state index contributed by atoms with van der Waals surface area (Å²) in [5.74, 6) is -1.51. The van der Waals surface area contributed by atoms with Crippen LogP contribution >= 0.6 is 11.6 Å². The van der Waals surface area contributed by atoms with Crippen molar-refractivity contribution in [1.29, 1.82) is 5.41 Å². The SMILES string of the molecule is CC(C)(C)NC(=O)C(=N)c1cc(O)c(O)c(Cl)c1. The molecule has 0 aliphatic rings. The summed E-state index contributed by atoms with van der Waals surface area (Å²) < 4.78 is 0. The summed E-state index contributed by atoms with van der Waals surface area (Å²) in [7, 11) is 0. The molecule has 6 heteroatoms. The van der Waals surface area contributed by atoms with Gasteiger partial charge in [-0.1, -0.05) is 11.6 Å². The summed E-state index contributed by atoms with van der Waals surface area (Å²) in [5, 5.41) is 28.9. The number of aromatic hydroxyl groups is 2. The Balaban J connectivity index is 3.02. The molecule has 0 unspecified atom stereocenters. The lowest BCUT2D eigenvalue weighted by Gasteiger charge is -2.20. The van der Waals surface area contributed by atoms with E-state index in [0.29, 0.717) is 0 Å². The zero-order valence-corrected chi connectivity index (χ0v) is 11.1. The van der Waals surface area contributed by atoms with Gasteiger partial charge in [-0.2, -0.15) is 0 Å². The van der Waals surface area contributed by atoms with Gasteiger partial charge in [-0.05, 0) is 32.9 Å². The van der Waals surface area contributed by atoms with Crippen molar-refractivity contribution in [2.45, 2.75) is 26.3 Å². The van der Waals surface area contributed by atoms with Gasteiger partial charge in [0.2, 0.25) is 0 Å². The standard InChI is InChI=1S/C12H15ClN2O3/c1-12(2,3)15-11(18)9(14)6-4-7(13)10(17)8(16)5-6/h4-5,14,16-17H,1-3H3,(H,15,18). The van der Waals surface area contributed by atoms with Crippen LogP contribution in [0.4, 0.5) is 0 Å². The van der Waals surface area contributed by atoms with Crippen LogP contribution < -0.4 is 5.32 Å². The van der Waals surface area contributed by atoms with Crippen LogP contribution in [0.15, 0.2) is 12.1 Å². The maximum atomic E-state index is 11.7. The first kappa shape index (κ1) is 14.3. The number of rotatable bonds is 2. The molecule has 0 spiro atoms. The smallest absolute Gasteiger partial charge is 0.270 e. The zero-order chi connectivity index (χ0) is 14.1. The van der Waals surface area contributed by atoms with E-state index in [0.717, 1.165) is 6.07 Å². The van der Waals surface area contributed by atoms with Gasteiger partial charge >= 0.3 is 0 Å². The van der Waals surface area contributed by atoms with E-state index in [9.17, 15) is 15.0 Å². The highest BCUT2D eigenvalue weighted by Gasteiger charge is 2.20. The predicted octanol–water partition coefficient (Wildman–Crippen LogP) is 2.03. The van der Waals surface area contributed by atoms with Crippen molar-refractivity contribution < 1.29 is 15.0 Å². The number of phenols is 2. The first-order chi connectivity index (χ1) is 8.11. The molecule has 18 heavy (non-hydrogen) atoms. The highest BCUT2D eigenvalue weighted by molar-refractivity contribution is 6.44. The molecule has 0 atom stereocenters. The molecule has 1 aromatic rings. The fourth-order valence-electron chi connectivity index (χ4n) is 1.26. The minimum atomic E-state index is -0.580. The Hall–Kier alpha value is -1.75. The molecular formula is C12H15ClN2O3. The van der Waals surface area contributed by atoms with Gasteiger partial charge in [0.05, 0.1) is 5.02 Å². The summed E-state index contributed by atoms with van der Waals surface area (Å²) in [6.45, 7) is 5.37. The van der Waals surface area contributed by atoms with E-state index in [4.69, 9.17) is 17.0 Å². The number of amides is 1. The maximum absolute atomic E-state index is 11.7. The predicted molar refractivity (Wildman–Crippen MR) is 69.5 cm³/mol. The first-order valence-electron chi connectivity index (χ1n) is 5.25. The van der Waals surface area contributed by atoms with Crippen LogP contribution in [0.3, 0.4) is 0 Å². The molecule has 0 bridgehead atoms. The van der Waals surface area contributed by atoms with Gasteiger partial charge in [0.25, 0.3) is 5.91 Å². The maximum Gasteiger partial charge on any atom is 0.270 e. The summed E-state index contributed by atoms with van der Waals surface area (Å²) in [6.07, 6.45) is 0. The van der Waals surface area contributed by atoms with E-state index in [1.54, 1.807) is 20.8 Å². The number of nitrogens with one attached hydrogen (secondary N) is 2. The minimum Gasteiger partial charge on any atom is -0.504 e. The summed E-state index contributed by atoms with van der Waals surface area (Å²) in [4.78, 5) is 11.7. The number of benzene rings is 1. The Labute approximate surface area is 110 Å². The second-order valence-corrected chi connectivity index (χ2v) is 5.31. The molecule has 1 aromatic carbocycles. The lowest BCUT2D eigenvalue weighted by molar-refractivity contribution is -0.116. The summed E-state index contributed by atoms with van der Waals surface area (Å²) >= 11 is 5.66. The van der Waals surface area contributed by atoms with E-state index in [-0.39, 0.29) is 16.3 Å². The molecule has 1 amide bonds. The lowest BCUT2D eigenvalue weighted by Crippen LogP contribution is -2.44. The quantitative estimate of drug-likeness (QED) is 0.489. The van der Waals surface area contributed by atoms with Crippen LogP contribution in [0.2, 0.25) is 5.02 Å². The number of halogens is 1. The Morgan fingerprint density at radius 3 is 2.33 bits per heavy atom. The van der Waals surface area contributed by atoms with Crippen LogP contribution in [0.25, 0.3) is 0 Å². The van der Waals surface area contributed by atoms with Crippen LogP contribution in [-0.2, 0) is 4.79 Å². The molecule has 0 saturated carbocycles. The van der Waals surface area contributed by atoms with E-state index in [1.165, 1.54) is 6.07 Å². The summed E-state index contributed by atoms with van der Waals surface area (Å²) in [5.41, 5.74) is -0.661. The molecule has 1 rings (SSSR count). The number of phenolic OH excluding ortho intramolecular Hbond substituents is 2. The van der Waals surface area contributed by atoms with Gasteiger partial charge in [0.15, 0.2) is 11.5 Å². The molecule has 0 saturated heterocycles. The van der Waals surface area contributed by atoms with Crippen molar-refractivity contribution in [3.63, 3.8) is 0 Å². The molecule has 0 radical (unpaired) electrons. The van der Waals surface area contributed by atoms with Crippen molar-refractivity contribution in [1.82, 2.24) is 5.32 Å². The molecule has 0 fully saturated rings. The number of carbonyl (C=O) groups is 1. The van der Waals surface area contributed by atoms with Crippen molar-refractivity contribution in [2.75, 3.05) is 0 Å². The topological polar surface area (TPSA) is 93.4 Å².